The molecule has 5 heteroatoms. The predicted octanol–water partition coefficient (Wildman–Crippen LogP) is 3.89. The SMILES string of the molecule is Cc1cc(NC(=O)NC(c2ccccc2)c2ccccc2)on1. The molecule has 1 aromatic heterocycles. The largest absolute Gasteiger partial charge is 0.338 e. The molecule has 0 saturated carbocycles. The summed E-state index contributed by atoms with van der Waals surface area (Å²) in [6.07, 6.45) is 0. The van der Waals surface area contributed by atoms with Crippen molar-refractivity contribution in [3.8, 4) is 0 Å². The lowest BCUT2D eigenvalue weighted by Crippen LogP contribution is -2.33. The number of rotatable bonds is 4. The highest BCUT2D eigenvalue weighted by atomic mass is 16.5. The van der Waals surface area contributed by atoms with Gasteiger partial charge in [-0.2, -0.15) is 0 Å². The summed E-state index contributed by atoms with van der Waals surface area (Å²) in [7, 11) is 0. The molecule has 0 bridgehead atoms. The van der Waals surface area contributed by atoms with E-state index in [2.05, 4.69) is 15.8 Å². The van der Waals surface area contributed by atoms with Gasteiger partial charge in [0.1, 0.15) is 0 Å². The summed E-state index contributed by atoms with van der Waals surface area (Å²) in [6.45, 7) is 1.79. The molecule has 1 heterocycles. The fraction of sp³-hybridized carbons (Fsp3) is 0.111. The molecule has 0 aliphatic rings. The van der Waals surface area contributed by atoms with Gasteiger partial charge in [0, 0.05) is 6.07 Å². The van der Waals surface area contributed by atoms with Crippen LogP contribution in [0, 0.1) is 6.92 Å². The zero-order valence-corrected chi connectivity index (χ0v) is 12.7. The molecule has 2 amide bonds. The van der Waals surface area contributed by atoms with Crippen LogP contribution in [0.5, 0.6) is 0 Å². The first-order chi connectivity index (χ1) is 11.2. The number of nitrogens with one attached hydrogen (secondary N) is 2. The third kappa shape index (κ3) is 3.77. The lowest BCUT2D eigenvalue weighted by atomic mass is 9.99. The Hall–Kier alpha value is -3.08. The minimum atomic E-state index is -0.348. The maximum Gasteiger partial charge on any atom is 0.322 e. The van der Waals surface area contributed by atoms with E-state index < -0.39 is 0 Å². The Morgan fingerprint density at radius 2 is 1.57 bits per heavy atom. The van der Waals surface area contributed by atoms with Gasteiger partial charge in [-0.25, -0.2) is 4.79 Å². The third-order valence-corrected chi connectivity index (χ3v) is 3.41. The number of hydrogen-bond acceptors (Lipinski definition) is 3. The molecular formula is C18H17N3O2. The smallest absolute Gasteiger partial charge is 0.322 e. The fourth-order valence-corrected chi connectivity index (χ4v) is 2.35. The van der Waals surface area contributed by atoms with Gasteiger partial charge in [-0.05, 0) is 18.1 Å². The van der Waals surface area contributed by atoms with Gasteiger partial charge in [-0.3, -0.25) is 5.32 Å². The van der Waals surface area contributed by atoms with Crippen molar-refractivity contribution in [1.82, 2.24) is 10.5 Å². The predicted molar refractivity (Wildman–Crippen MR) is 88.1 cm³/mol. The molecule has 116 valence electrons. The minimum absolute atomic E-state index is 0.249. The van der Waals surface area contributed by atoms with Crippen LogP contribution in [0.2, 0.25) is 0 Å². The van der Waals surface area contributed by atoms with Gasteiger partial charge in [0.25, 0.3) is 0 Å². The summed E-state index contributed by atoms with van der Waals surface area (Å²) in [5.41, 5.74) is 2.72. The zero-order chi connectivity index (χ0) is 16.1. The second kappa shape index (κ2) is 6.79. The molecule has 5 nitrogen and oxygen atoms in total. The molecule has 0 radical (unpaired) electrons. The van der Waals surface area contributed by atoms with Crippen LogP contribution in [0.25, 0.3) is 0 Å². The zero-order valence-electron chi connectivity index (χ0n) is 12.7. The highest BCUT2D eigenvalue weighted by Crippen LogP contribution is 2.22. The van der Waals surface area contributed by atoms with Gasteiger partial charge in [0.15, 0.2) is 0 Å². The standard InChI is InChI=1S/C18H17N3O2/c1-13-12-16(23-21-13)19-18(22)20-17(14-8-4-2-5-9-14)15-10-6-3-7-11-15/h2-12,17H,1H3,(H2,19,20,22). The fourth-order valence-electron chi connectivity index (χ4n) is 2.35. The van der Waals surface area contributed by atoms with Crippen molar-refractivity contribution in [2.45, 2.75) is 13.0 Å². The summed E-state index contributed by atoms with van der Waals surface area (Å²) >= 11 is 0. The van der Waals surface area contributed by atoms with Gasteiger partial charge in [-0.1, -0.05) is 65.8 Å². The molecule has 0 unspecified atom stereocenters. The van der Waals surface area contributed by atoms with Crippen molar-refractivity contribution in [3.05, 3.63) is 83.6 Å². The van der Waals surface area contributed by atoms with Crippen LogP contribution in [0.3, 0.4) is 0 Å². The van der Waals surface area contributed by atoms with Crippen molar-refractivity contribution in [1.29, 1.82) is 0 Å². The monoisotopic (exact) mass is 307 g/mol. The van der Waals surface area contributed by atoms with Crippen LogP contribution >= 0.6 is 0 Å². The molecule has 2 aromatic carbocycles. The summed E-state index contributed by atoms with van der Waals surface area (Å²) < 4.78 is 5.01. The highest BCUT2D eigenvalue weighted by molar-refractivity contribution is 5.88. The molecule has 0 atom stereocenters. The number of aryl methyl sites for hydroxylation is 1. The maximum absolute atomic E-state index is 12.3. The van der Waals surface area contributed by atoms with Crippen LogP contribution in [-0.2, 0) is 0 Å². The molecule has 0 saturated heterocycles. The number of benzene rings is 2. The average molecular weight is 307 g/mol. The Balaban J connectivity index is 1.80. The van der Waals surface area contributed by atoms with Gasteiger partial charge in [0.05, 0.1) is 11.7 Å². The van der Waals surface area contributed by atoms with Crippen molar-refractivity contribution in [3.63, 3.8) is 0 Å². The van der Waals surface area contributed by atoms with Crippen LogP contribution in [0.1, 0.15) is 22.9 Å². The van der Waals surface area contributed by atoms with E-state index in [0.717, 1.165) is 11.1 Å². The Morgan fingerprint density at radius 3 is 2.04 bits per heavy atom. The molecule has 3 aromatic rings. The molecule has 0 aliphatic heterocycles. The molecule has 23 heavy (non-hydrogen) atoms. The minimum Gasteiger partial charge on any atom is -0.338 e. The number of carbonyl (C=O) groups is 1. The second-order valence-electron chi connectivity index (χ2n) is 5.19. The van der Waals surface area contributed by atoms with Crippen LogP contribution in [0.4, 0.5) is 10.7 Å². The van der Waals surface area contributed by atoms with Crippen LogP contribution < -0.4 is 10.6 Å². The summed E-state index contributed by atoms with van der Waals surface area (Å²) in [4.78, 5) is 12.3. The molecule has 2 N–H and O–H groups in total. The van der Waals surface area contributed by atoms with Crippen molar-refractivity contribution in [2.75, 3.05) is 5.32 Å². The van der Waals surface area contributed by atoms with Gasteiger partial charge >= 0.3 is 6.03 Å². The van der Waals surface area contributed by atoms with E-state index in [9.17, 15) is 4.79 Å². The topological polar surface area (TPSA) is 67.2 Å². The lowest BCUT2D eigenvalue weighted by molar-refractivity contribution is 0.249. The van der Waals surface area contributed by atoms with Crippen molar-refractivity contribution in [2.24, 2.45) is 0 Å². The van der Waals surface area contributed by atoms with Crippen LogP contribution in [0.15, 0.2) is 71.3 Å². The van der Waals surface area contributed by atoms with E-state index in [1.54, 1.807) is 13.0 Å². The molecule has 0 fully saturated rings. The van der Waals surface area contributed by atoms with E-state index in [-0.39, 0.29) is 12.1 Å². The summed E-state index contributed by atoms with van der Waals surface area (Å²) in [5.74, 6) is 0.319. The van der Waals surface area contributed by atoms with E-state index in [1.165, 1.54) is 0 Å². The number of hydrogen-bond donors (Lipinski definition) is 2. The van der Waals surface area contributed by atoms with Gasteiger partial charge in [0.2, 0.25) is 5.88 Å². The number of amides is 2. The molecule has 0 aliphatic carbocycles. The molecular weight excluding hydrogens is 290 g/mol. The number of anilines is 1. The number of urea groups is 1. The summed E-state index contributed by atoms with van der Waals surface area (Å²) in [6, 6.07) is 20.7. The summed E-state index contributed by atoms with van der Waals surface area (Å²) in [5, 5.41) is 9.37. The Kier molecular flexibility index (Phi) is 4.38. The van der Waals surface area contributed by atoms with Crippen LogP contribution in [-0.4, -0.2) is 11.2 Å². The maximum atomic E-state index is 12.3. The second-order valence-corrected chi connectivity index (χ2v) is 5.19. The van der Waals surface area contributed by atoms with E-state index in [4.69, 9.17) is 4.52 Å². The average Bonchev–Trinajstić information content (AvgIpc) is 2.99. The first-order valence-corrected chi connectivity index (χ1v) is 7.33. The number of nitrogens with zero attached hydrogens (tertiary/aromatic N) is 1. The Morgan fingerprint density at radius 1 is 1.00 bits per heavy atom. The number of aromatic nitrogens is 1. The van der Waals surface area contributed by atoms with Gasteiger partial charge < -0.3 is 9.84 Å². The molecule has 3 rings (SSSR count). The van der Waals surface area contributed by atoms with Crippen molar-refractivity contribution >= 4 is 11.9 Å². The lowest BCUT2D eigenvalue weighted by Gasteiger charge is -2.19. The Bertz CT molecular complexity index is 730. The van der Waals surface area contributed by atoms with E-state index >= 15 is 0 Å². The highest BCUT2D eigenvalue weighted by Gasteiger charge is 2.17. The first kappa shape index (κ1) is 14.8. The quantitative estimate of drug-likeness (QED) is 0.768. The third-order valence-electron chi connectivity index (χ3n) is 3.41. The van der Waals surface area contributed by atoms with Gasteiger partial charge in [-0.15, -0.1) is 0 Å². The van der Waals surface area contributed by atoms with E-state index in [1.807, 2.05) is 60.7 Å². The molecule has 0 spiro atoms. The Labute approximate surface area is 134 Å². The first-order valence-electron chi connectivity index (χ1n) is 7.33. The number of carbonyl (C=O) groups excluding carboxylic acids is 1. The van der Waals surface area contributed by atoms with E-state index in [0.29, 0.717) is 11.6 Å². The normalized spacial score (nSPS) is 10.5. The van der Waals surface area contributed by atoms with Crippen molar-refractivity contribution < 1.29 is 9.32 Å².